The summed E-state index contributed by atoms with van der Waals surface area (Å²) in [5, 5.41) is 7.18. The number of fused-ring (bicyclic) bond motifs is 9. The van der Waals surface area contributed by atoms with Crippen LogP contribution >= 0.6 is 0 Å². The lowest BCUT2D eigenvalue weighted by Crippen LogP contribution is -2.00. The molecule has 0 amide bonds. The number of aromatic nitrogens is 2. The minimum Gasteiger partial charge on any atom is -0.456 e. The molecule has 3 aromatic heterocycles. The van der Waals surface area contributed by atoms with Crippen molar-refractivity contribution in [2.24, 2.45) is 0 Å². The summed E-state index contributed by atoms with van der Waals surface area (Å²) < 4.78 is 11.3. The van der Waals surface area contributed by atoms with Crippen molar-refractivity contribution < 1.29 is 4.42 Å². The molecule has 0 saturated heterocycles. The third-order valence-electron chi connectivity index (χ3n) is 10.5. The maximum Gasteiger partial charge on any atom is 0.137 e. The Labute approximate surface area is 293 Å². The second kappa shape index (κ2) is 10.8. The van der Waals surface area contributed by atoms with Gasteiger partial charge in [0.1, 0.15) is 11.2 Å². The van der Waals surface area contributed by atoms with Crippen LogP contribution in [-0.2, 0) is 0 Å². The average Bonchev–Trinajstić information content (AvgIpc) is 3.86. The summed E-state index contributed by atoms with van der Waals surface area (Å²) in [6.07, 6.45) is 0. The molecule has 0 radical (unpaired) electrons. The predicted molar refractivity (Wildman–Crippen MR) is 213 cm³/mol. The molecule has 0 unspecified atom stereocenters. The first kappa shape index (κ1) is 28.0. The lowest BCUT2D eigenvalue weighted by atomic mass is 9.96. The van der Waals surface area contributed by atoms with Gasteiger partial charge in [0.05, 0.1) is 33.4 Å². The van der Waals surface area contributed by atoms with E-state index in [0.717, 1.165) is 44.3 Å². The van der Waals surface area contributed by atoms with Crippen LogP contribution in [0.1, 0.15) is 0 Å². The zero-order valence-electron chi connectivity index (χ0n) is 27.6. The van der Waals surface area contributed by atoms with Crippen LogP contribution in [0, 0.1) is 0 Å². The van der Waals surface area contributed by atoms with Crippen molar-refractivity contribution in [3.63, 3.8) is 0 Å². The van der Waals surface area contributed by atoms with Crippen molar-refractivity contribution in [1.29, 1.82) is 0 Å². The van der Waals surface area contributed by atoms with Crippen molar-refractivity contribution in [3.8, 4) is 33.6 Å². The standard InChI is InChI=1S/C48H30N2O/c1-2-13-31(14-3-1)32-15-10-16-33(29-32)35-20-11-24-43-47(35)40-19-5-8-23-42(40)50(43)44-25-12-21-39-36-17-4-7-22-41(36)49(48(39)44)34-27-28-38-37-18-6-9-26-45(37)51-46(38)30-34/h1-30H. The summed E-state index contributed by atoms with van der Waals surface area (Å²) in [5.41, 5.74) is 13.5. The molecule has 3 nitrogen and oxygen atoms in total. The quantitative estimate of drug-likeness (QED) is 0.186. The first-order valence-corrected chi connectivity index (χ1v) is 17.4. The summed E-state index contributed by atoms with van der Waals surface area (Å²) in [6.45, 7) is 0. The fourth-order valence-electron chi connectivity index (χ4n) is 8.32. The Bertz CT molecular complexity index is 3140. The smallest absolute Gasteiger partial charge is 0.137 e. The van der Waals surface area contributed by atoms with Gasteiger partial charge in [-0.2, -0.15) is 0 Å². The molecule has 0 aliphatic rings. The van der Waals surface area contributed by atoms with Crippen LogP contribution in [0.3, 0.4) is 0 Å². The maximum atomic E-state index is 6.41. The Morgan fingerprint density at radius 3 is 1.86 bits per heavy atom. The van der Waals surface area contributed by atoms with Gasteiger partial charge in [0, 0.05) is 38.4 Å². The fourth-order valence-corrected chi connectivity index (χ4v) is 8.32. The second-order valence-electron chi connectivity index (χ2n) is 13.3. The van der Waals surface area contributed by atoms with Crippen LogP contribution in [0.4, 0.5) is 0 Å². The molecule has 0 atom stereocenters. The molecule has 0 aliphatic heterocycles. The molecule has 0 saturated carbocycles. The molecule has 0 spiro atoms. The highest BCUT2D eigenvalue weighted by molar-refractivity contribution is 6.18. The average molecular weight is 651 g/mol. The van der Waals surface area contributed by atoms with E-state index in [2.05, 4.69) is 179 Å². The molecule has 0 bridgehead atoms. The van der Waals surface area contributed by atoms with Crippen LogP contribution in [0.5, 0.6) is 0 Å². The molecule has 238 valence electrons. The number of furan rings is 1. The predicted octanol–water partition coefficient (Wildman–Crippen LogP) is 13.1. The number of hydrogen-bond acceptors (Lipinski definition) is 1. The van der Waals surface area contributed by atoms with Gasteiger partial charge >= 0.3 is 0 Å². The van der Waals surface area contributed by atoms with E-state index >= 15 is 0 Å². The van der Waals surface area contributed by atoms with Gasteiger partial charge in [-0.15, -0.1) is 0 Å². The number of hydrogen-bond donors (Lipinski definition) is 0. The van der Waals surface area contributed by atoms with E-state index in [1.807, 2.05) is 12.1 Å². The van der Waals surface area contributed by atoms with E-state index in [9.17, 15) is 0 Å². The summed E-state index contributed by atoms with van der Waals surface area (Å²) in [6, 6.07) is 65.5. The van der Waals surface area contributed by atoms with E-state index in [1.165, 1.54) is 54.8 Å². The SMILES string of the molecule is c1ccc(-c2cccc(-c3cccc4c3c3ccccc3n4-c3cccc4c5ccccc5n(-c5ccc6c(c5)oc5ccccc56)c34)c2)cc1. The van der Waals surface area contributed by atoms with Gasteiger partial charge in [-0.05, 0) is 70.8 Å². The number of benzene rings is 8. The highest BCUT2D eigenvalue weighted by Gasteiger charge is 2.22. The van der Waals surface area contributed by atoms with Crippen LogP contribution in [0.2, 0.25) is 0 Å². The number of nitrogens with zero attached hydrogens (tertiary/aromatic N) is 2. The van der Waals surface area contributed by atoms with Crippen LogP contribution in [-0.4, -0.2) is 9.13 Å². The highest BCUT2D eigenvalue weighted by Crippen LogP contribution is 2.43. The van der Waals surface area contributed by atoms with E-state index in [-0.39, 0.29) is 0 Å². The van der Waals surface area contributed by atoms with Crippen LogP contribution in [0.15, 0.2) is 186 Å². The van der Waals surface area contributed by atoms with E-state index in [0.29, 0.717) is 0 Å². The zero-order chi connectivity index (χ0) is 33.5. The van der Waals surface area contributed by atoms with Crippen LogP contribution < -0.4 is 0 Å². The molecular weight excluding hydrogens is 621 g/mol. The Balaban J connectivity index is 1.21. The minimum absolute atomic E-state index is 0.886. The van der Waals surface area contributed by atoms with Gasteiger partial charge in [0.15, 0.2) is 0 Å². The van der Waals surface area contributed by atoms with Gasteiger partial charge in [-0.25, -0.2) is 0 Å². The normalized spacial score (nSPS) is 11.9. The molecule has 8 aromatic carbocycles. The van der Waals surface area contributed by atoms with Crippen LogP contribution in [0.25, 0.3) is 99.2 Å². The third-order valence-corrected chi connectivity index (χ3v) is 10.5. The number of rotatable bonds is 4. The summed E-state index contributed by atoms with van der Waals surface area (Å²) in [4.78, 5) is 0. The maximum absolute atomic E-state index is 6.41. The largest absolute Gasteiger partial charge is 0.456 e. The van der Waals surface area contributed by atoms with E-state index in [1.54, 1.807) is 0 Å². The first-order valence-electron chi connectivity index (χ1n) is 17.4. The summed E-state index contributed by atoms with van der Waals surface area (Å²) >= 11 is 0. The molecule has 11 aromatic rings. The summed E-state index contributed by atoms with van der Waals surface area (Å²) in [5.74, 6) is 0. The van der Waals surface area contributed by atoms with E-state index in [4.69, 9.17) is 4.42 Å². The van der Waals surface area contributed by atoms with Gasteiger partial charge in [0.2, 0.25) is 0 Å². The number of para-hydroxylation sites is 4. The van der Waals surface area contributed by atoms with Crippen molar-refractivity contribution in [3.05, 3.63) is 182 Å². The molecule has 3 heterocycles. The summed E-state index contributed by atoms with van der Waals surface area (Å²) in [7, 11) is 0. The van der Waals surface area contributed by atoms with Gasteiger partial charge in [0.25, 0.3) is 0 Å². The zero-order valence-corrected chi connectivity index (χ0v) is 27.6. The van der Waals surface area contributed by atoms with Crippen molar-refractivity contribution in [2.45, 2.75) is 0 Å². The topological polar surface area (TPSA) is 23.0 Å². The fraction of sp³-hybridized carbons (Fsp3) is 0. The minimum atomic E-state index is 0.886. The molecule has 0 fully saturated rings. The highest BCUT2D eigenvalue weighted by atomic mass is 16.3. The first-order chi connectivity index (χ1) is 25.3. The molecule has 3 heteroatoms. The van der Waals surface area contributed by atoms with Crippen molar-refractivity contribution in [2.75, 3.05) is 0 Å². The molecule has 0 N–H and O–H groups in total. The molecule has 51 heavy (non-hydrogen) atoms. The van der Waals surface area contributed by atoms with E-state index < -0.39 is 0 Å². The van der Waals surface area contributed by atoms with Crippen molar-refractivity contribution >= 4 is 65.6 Å². The Kier molecular flexibility index (Phi) is 5.96. The molecular formula is C48H30N2O. The Morgan fingerprint density at radius 1 is 0.353 bits per heavy atom. The lowest BCUT2D eigenvalue weighted by Gasteiger charge is -2.14. The van der Waals surface area contributed by atoms with Gasteiger partial charge in [-0.3, -0.25) is 0 Å². The monoisotopic (exact) mass is 650 g/mol. The lowest BCUT2D eigenvalue weighted by molar-refractivity contribution is 0.668. The Morgan fingerprint density at radius 2 is 0.980 bits per heavy atom. The molecule has 0 aliphatic carbocycles. The van der Waals surface area contributed by atoms with Gasteiger partial charge < -0.3 is 13.6 Å². The van der Waals surface area contributed by atoms with Gasteiger partial charge in [-0.1, -0.05) is 127 Å². The molecule has 11 rings (SSSR count). The third kappa shape index (κ3) is 4.12. The Hall–Kier alpha value is -6.84. The van der Waals surface area contributed by atoms with Crippen molar-refractivity contribution in [1.82, 2.24) is 9.13 Å². The second-order valence-corrected chi connectivity index (χ2v) is 13.3.